The first-order valence-corrected chi connectivity index (χ1v) is 6.89. The predicted octanol–water partition coefficient (Wildman–Crippen LogP) is 2.87. The number of alkyl halides is 3. The fourth-order valence-electron chi connectivity index (χ4n) is 2.26. The smallest absolute Gasteiger partial charge is 0.268 e. The van der Waals surface area contributed by atoms with E-state index in [0.717, 1.165) is 12.1 Å². The van der Waals surface area contributed by atoms with Crippen LogP contribution in [0.2, 0.25) is 0 Å². The summed E-state index contributed by atoms with van der Waals surface area (Å²) in [5, 5.41) is 8.30. The van der Waals surface area contributed by atoms with Crippen molar-refractivity contribution in [1.29, 1.82) is 0 Å². The summed E-state index contributed by atoms with van der Waals surface area (Å²) in [4.78, 5) is 16.7. The van der Waals surface area contributed by atoms with Crippen molar-refractivity contribution < 1.29 is 13.2 Å². The Balaban J connectivity index is 2.15. The van der Waals surface area contributed by atoms with Crippen molar-refractivity contribution in [1.82, 2.24) is 19.6 Å². The molecular weight excluding hydrogens is 317 g/mol. The minimum Gasteiger partial charge on any atom is -0.268 e. The molecule has 0 bridgehead atoms. The Labute approximate surface area is 123 Å². The van der Waals surface area contributed by atoms with Gasteiger partial charge in [-0.15, -0.1) is 10.2 Å². The summed E-state index contributed by atoms with van der Waals surface area (Å²) < 4.78 is 40.1. The first-order chi connectivity index (χ1) is 10.4. The number of pyridine rings is 1. The van der Waals surface area contributed by atoms with Crippen molar-refractivity contribution >= 4 is 37.3 Å². The molecule has 0 amide bonds. The third-order valence-electron chi connectivity index (χ3n) is 3.31. The largest absolute Gasteiger partial charge is 0.416 e. The second-order valence-corrected chi connectivity index (χ2v) is 5.60. The number of aromatic nitrogens is 4. The molecule has 110 valence electrons. The highest BCUT2D eigenvalue weighted by Crippen LogP contribution is 2.33. The van der Waals surface area contributed by atoms with Crippen molar-refractivity contribution in [2.45, 2.75) is 6.18 Å². The van der Waals surface area contributed by atoms with Crippen molar-refractivity contribution in [3.05, 3.63) is 46.6 Å². The maximum Gasteiger partial charge on any atom is 0.416 e. The Hall–Kier alpha value is -2.55. The van der Waals surface area contributed by atoms with E-state index in [9.17, 15) is 18.0 Å². The molecule has 5 nitrogen and oxygen atoms in total. The summed E-state index contributed by atoms with van der Waals surface area (Å²) in [6.45, 7) is 0. The van der Waals surface area contributed by atoms with E-state index in [1.54, 1.807) is 0 Å². The number of hydrogen-bond donors (Lipinski definition) is 0. The van der Waals surface area contributed by atoms with Crippen LogP contribution in [-0.4, -0.2) is 19.6 Å². The maximum atomic E-state index is 12.8. The summed E-state index contributed by atoms with van der Waals surface area (Å²) in [6, 6.07) is 3.28. The molecule has 4 aromatic rings. The highest BCUT2D eigenvalue weighted by molar-refractivity contribution is 7.23. The molecule has 0 saturated carbocycles. The molecule has 0 atom stereocenters. The summed E-state index contributed by atoms with van der Waals surface area (Å²) >= 11 is 1.18. The van der Waals surface area contributed by atoms with Crippen LogP contribution in [0.3, 0.4) is 0 Å². The predicted molar refractivity (Wildman–Crippen MR) is 74.9 cm³/mol. The Kier molecular flexibility index (Phi) is 2.52. The number of rotatable bonds is 0. The highest BCUT2D eigenvalue weighted by atomic mass is 32.1. The number of nitrogens with zero attached hydrogens (tertiary/aromatic N) is 4. The van der Waals surface area contributed by atoms with Crippen LogP contribution in [0.15, 0.2) is 35.5 Å². The standard InChI is InChI=1S/C13H5F3N4OS/c14-13(15,16)6-1-2-7-9(3-6)17-4-8-10(7)22-12-19-18-5-20(12)11(8)21/h1-5H. The van der Waals surface area contributed by atoms with Gasteiger partial charge in [-0.3, -0.25) is 9.78 Å². The minimum absolute atomic E-state index is 0.182. The molecular formula is C13H5F3N4OS. The van der Waals surface area contributed by atoms with E-state index in [1.807, 2.05) is 0 Å². The molecule has 0 aliphatic rings. The van der Waals surface area contributed by atoms with Crippen molar-refractivity contribution in [3.8, 4) is 0 Å². The van der Waals surface area contributed by atoms with E-state index < -0.39 is 11.7 Å². The van der Waals surface area contributed by atoms with Crippen LogP contribution in [0, 0.1) is 0 Å². The third-order valence-corrected chi connectivity index (χ3v) is 4.41. The fourth-order valence-corrected chi connectivity index (χ4v) is 3.29. The second-order valence-electron chi connectivity index (χ2n) is 4.62. The molecule has 3 aromatic heterocycles. The lowest BCUT2D eigenvalue weighted by molar-refractivity contribution is -0.137. The topological polar surface area (TPSA) is 60.2 Å². The average Bonchev–Trinajstić information content (AvgIpc) is 2.94. The molecule has 0 spiro atoms. The zero-order chi connectivity index (χ0) is 15.5. The lowest BCUT2D eigenvalue weighted by Gasteiger charge is -2.08. The second kappa shape index (κ2) is 4.23. The zero-order valence-corrected chi connectivity index (χ0v) is 11.4. The number of fused-ring (bicyclic) bond motifs is 4. The number of hydrogen-bond acceptors (Lipinski definition) is 5. The minimum atomic E-state index is -4.44. The van der Waals surface area contributed by atoms with E-state index in [1.165, 1.54) is 34.3 Å². The van der Waals surface area contributed by atoms with Gasteiger partial charge in [-0.25, -0.2) is 4.40 Å². The van der Waals surface area contributed by atoms with E-state index in [-0.39, 0.29) is 11.1 Å². The lowest BCUT2D eigenvalue weighted by atomic mass is 10.1. The maximum absolute atomic E-state index is 12.8. The van der Waals surface area contributed by atoms with Gasteiger partial charge >= 0.3 is 6.18 Å². The first-order valence-electron chi connectivity index (χ1n) is 6.08. The molecule has 0 unspecified atom stereocenters. The van der Waals surface area contributed by atoms with Crippen molar-refractivity contribution in [2.24, 2.45) is 0 Å². The molecule has 0 saturated heterocycles. The summed E-state index contributed by atoms with van der Waals surface area (Å²) in [5.74, 6) is 0. The van der Waals surface area contributed by atoms with Gasteiger partial charge in [0, 0.05) is 11.6 Å². The van der Waals surface area contributed by atoms with Crippen LogP contribution in [0.4, 0.5) is 13.2 Å². The van der Waals surface area contributed by atoms with Crippen LogP contribution in [0.5, 0.6) is 0 Å². The van der Waals surface area contributed by atoms with Crippen molar-refractivity contribution in [3.63, 3.8) is 0 Å². The van der Waals surface area contributed by atoms with Gasteiger partial charge < -0.3 is 0 Å². The Bertz CT molecular complexity index is 1100. The molecule has 1 aromatic carbocycles. The van der Waals surface area contributed by atoms with Crippen molar-refractivity contribution in [2.75, 3.05) is 0 Å². The molecule has 3 heterocycles. The summed E-state index contributed by atoms with van der Waals surface area (Å²) in [7, 11) is 0. The van der Waals surface area contributed by atoms with Gasteiger partial charge in [-0.05, 0) is 12.1 Å². The van der Waals surface area contributed by atoms with Crippen LogP contribution in [-0.2, 0) is 6.18 Å². The third kappa shape index (κ3) is 1.78. The van der Waals surface area contributed by atoms with E-state index >= 15 is 0 Å². The molecule has 0 N–H and O–H groups in total. The van der Waals surface area contributed by atoms with Crippen LogP contribution in [0.25, 0.3) is 25.9 Å². The van der Waals surface area contributed by atoms with Crippen LogP contribution < -0.4 is 5.56 Å². The SMILES string of the molecule is O=c1c2cnc3cc(C(F)(F)F)ccc3c2sc2nncn12. The van der Waals surface area contributed by atoms with E-state index in [4.69, 9.17) is 0 Å². The average molecular weight is 322 g/mol. The molecule has 0 aliphatic heterocycles. The van der Waals surface area contributed by atoms with Gasteiger partial charge in [0.15, 0.2) is 0 Å². The van der Waals surface area contributed by atoms with Gasteiger partial charge in [-0.2, -0.15) is 13.2 Å². The number of halogens is 3. The van der Waals surface area contributed by atoms with Crippen LogP contribution in [0.1, 0.15) is 5.56 Å². The van der Waals surface area contributed by atoms with Gasteiger partial charge in [-0.1, -0.05) is 17.4 Å². The molecule has 22 heavy (non-hydrogen) atoms. The molecule has 0 aliphatic carbocycles. The first kappa shape index (κ1) is 13.1. The summed E-state index contributed by atoms with van der Waals surface area (Å²) in [6.07, 6.45) is -1.85. The fraction of sp³-hybridized carbons (Fsp3) is 0.0769. The lowest BCUT2D eigenvalue weighted by Crippen LogP contribution is -2.11. The molecule has 4 rings (SSSR count). The normalized spacial score (nSPS) is 12.5. The quantitative estimate of drug-likeness (QED) is 0.467. The Morgan fingerprint density at radius 1 is 1.18 bits per heavy atom. The molecule has 9 heteroatoms. The number of benzene rings is 1. The monoisotopic (exact) mass is 322 g/mol. The van der Waals surface area contributed by atoms with E-state index in [0.29, 0.717) is 20.4 Å². The van der Waals surface area contributed by atoms with Gasteiger partial charge in [0.05, 0.1) is 21.2 Å². The Morgan fingerprint density at radius 2 is 2.00 bits per heavy atom. The zero-order valence-electron chi connectivity index (χ0n) is 10.6. The van der Waals surface area contributed by atoms with Crippen LogP contribution >= 0.6 is 11.3 Å². The van der Waals surface area contributed by atoms with Gasteiger partial charge in [0.25, 0.3) is 5.56 Å². The highest BCUT2D eigenvalue weighted by Gasteiger charge is 2.30. The van der Waals surface area contributed by atoms with Gasteiger partial charge in [0.2, 0.25) is 4.96 Å². The van der Waals surface area contributed by atoms with Gasteiger partial charge in [0.1, 0.15) is 6.33 Å². The molecule has 0 radical (unpaired) electrons. The molecule has 0 fully saturated rings. The summed E-state index contributed by atoms with van der Waals surface area (Å²) in [5.41, 5.74) is -0.937. The van der Waals surface area contributed by atoms with E-state index in [2.05, 4.69) is 15.2 Å². The Morgan fingerprint density at radius 3 is 2.77 bits per heavy atom.